The molecule has 0 bridgehead atoms. The Morgan fingerprint density at radius 3 is 1.21 bits per heavy atom. The van der Waals surface area contributed by atoms with Crippen molar-refractivity contribution < 1.29 is 9.59 Å². The first-order valence-corrected chi connectivity index (χ1v) is 14.5. The second-order valence-corrected chi connectivity index (χ2v) is 9.58. The normalized spacial score (nSPS) is 11.5. The zero-order valence-corrected chi connectivity index (χ0v) is 22.7. The van der Waals surface area contributed by atoms with Gasteiger partial charge in [0.15, 0.2) is 0 Å². The molecule has 0 atom stereocenters. The predicted molar refractivity (Wildman–Crippen MR) is 148 cm³/mol. The third-order valence-corrected chi connectivity index (χ3v) is 6.17. The second-order valence-electron chi connectivity index (χ2n) is 9.58. The van der Waals surface area contributed by atoms with Crippen molar-refractivity contribution in [3.05, 3.63) is 24.3 Å². The fraction of sp³-hybridized carbons (Fsp3) is 0.800. The third kappa shape index (κ3) is 26.7. The van der Waals surface area contributed by atoms with E-state index in [2.05, 4.69) is 48.8 Å². The Morgan fingerprint density at radius 2 is 0.824 bits per heavy atom. The van der Waals surface area contributed by atoms with Gasteiger partial charge in [0.25, 0.3) is 0 Å². The largest absolute Gasteiger partial charge is 0.353 e. The van der Waals surface area contributed by atoms with Crippen LogP contribution in [0.4, 0.5) is 0 Å². The van der Waals surface area contributed by atoms with Crippen LogP contribution in [-0.4, -0.2) is 24.9 Å². The average Bonchev–Trinajstić information content (AvgIpc) is 2.83. The van der Waals surface area contributed by atoms with Crippen molar-refractivity contribution in [3.8, 4) is 0 Å². The monoisotopic (exact) mass is 476 g/mol. The molecule has 0 rings (SSSR count). The van der Waals surface area contributed by atoms with Crippen molar-refractivity contribution in [3.63, 3.8) is 0 Å². The van der Waals surface area contributed by atoms with Crippen molar-refractivity contribution in [1.82, 2.24) is 10.6 Å². The Kier molecular flexibility index (Phi) is 26.4. The van der Waals surface area contributed by atoms with Crippen molar-refractivity contribution in [2.24, 2.45) is 0 Å². The molecule has 0 aliphatic carbocycles. The first-order chi connectivity index (χ1) is 16.7. The smallest absolute Gasteiger partial charge is 0.220 e. The Labute approximate surface area is 211 Å². The molecule has 4 nitrogen and oxygen atoms in total. The van der Waals surface area contributed by atoms with Gasteiger partial charge < -0.3 is 10.6 Å². The van der Waals surface area contributed by atoms with Gasteiger partial charge in [-0.15, -0.1) is 0 Å². The summed E-state index contributed by atoms with van der Waals surface area (Å²) < 4.78 is 0. The number of nitrogens with one attached hydrogen (secondary N) is 2. The molecule has 2 N–H and O–H groups in total. The zero-order chi connectivity index (χ0) is 25.0. The van der Waals surface area contributed by atoms with Crippen molar-refractivity contribution in [2.45, 2.75) is 142 Å². The topological polar surface area (TPSA) is 58.2 Å². The van der Waals surface area contributed by atoms with Gasteiger partial charge in [-0.3, -0.25) is 9.59 Å². The lowest BCUT2D eigenvalue weighted by molar-refractivity contribution is -0.122. The van der Waals surface area contributed by atoms with Crippen LogP contribution in [0.5, 0.6) is 0 Å². The van der Waals surface area contributed by atoms with E-state index in [-0.39, 0.29) is 11.8 Å². The van der Waals surface area contributed by atoms with E-state index in [0.717, 1.165) is 25.7 Å². The zero-order valence-electron chi connectivity index (χ0n) is 22.7. The fourth-order valence-electron chi connectivity index (χ4n) is 3.93. The molecule has 0 saturated carbocycles. The summed E-state index contributed by atoms with van der Waals surface area (Å²) in [4.78, 5) is 23.8. The van der Waals surface area contributed by atoms with Crippen LogP contribution in [0, 0.1) is 0 Å². The van der Waals surface area contributed by atoms with Crippen LogP contribution in [0.25, 0.3) is 0 Å². The summed E-state index contributed by atoms with van der Waals surface area (Å²) >= 11 is 0. The van der Waals surface area contributed by atoms with Crippen LogP contribution in [0.3, 0.4) is 0 Å². The van der Waals surface area contributed by atoms with Gasteiger partial charge in [-0.1, -0.05) is 115 Å². The number of amides is 2. The average molecular weight is 477 g/mol. The first kappa shape index (κ1) is 32.4. The van der Waals surface area contributed by atoms with E-state index in [9.17, 15) is 9.59 Å². The van der Waals surface area contributed by atoms with Crippen LogP contribution < -0.4 is 10.6 Å². The van der Waals surface area contributed by atoms with E-state index in [1.165, 1.54) is 89.9 Å². The van der Waals surface area contributed by atoms with Crippen LogP contribution >= 0.6 is 0 Å². The molecule has 0 aliphatic heterocycles. The molecule has 0 unspecified atom stereocenters. The number of rotatable bonds is 25. The lowest BCUT2D eigenvalue weighted by Gasteiger charge is -2.04. The van der Waals surface area contributed by atoms with Gasteiger partial charge in [-0.05, 0) is 38.5 Å². The van der Waals surface area contributed by atoms with Crippen LogP contribution in [0.1, 0.15) is 142 Å². The van der Waals surface area contributed by atoms with Gasteiger partial charge in [0.05, 0.1) is 0 Å². The Morgan fingerprint density at radius 1 is 0.471 bits per heavy atom. The van der Waals surface area contributed by atoms with E-state index in [1.807, 2.05) is 0 Å². The molecule has 0 heterocycles. The molecular weight excluding hydrogens is 420 g/mol. The van der Waals surface area contributed by atoms with Gasteiger partial charge >= 0.3 is 0 Å². The van der Waals surface area contributed by atoms with E-state index in [0.29, 0.717) is 25.9 Å². The summed E-state index contributed by atoms with van der Waals surface area (Å²) in [6.07, 6.45) is 31.8. The van der Waals surface area contributed by atoms with Gasteiger partial charge in [-0.2, -0.15) is 0 Å². The van der Waals surface area contributed by atoms with Gasteiger partial charge in [0.1, 0.15) is 0 Å². The number of allylic oxidation sites excluding steroid dienone is 2. The highest BCUT2D eigenvalue weighted by atomic mass is 16.2. The predicted octanol–water partition coefficient (Wildman–Crippen LogP) is 8.17. The van der Waals surface area contributed by atoms with Gasteiger partial charge in [0, 0.05) is 25.9 Å². The summed E-state index contributed by atoms with van der Waals surface area (Å²) in [7, 11) is 0. The highest BCUT2D eigenvalue weighted by Crippen LogP contribution is 2.09. The third-order valence-electron chi connectivity index (χ3n) is 6.17. The molecule has 198 valence electrons. The molecule has 2 amide bonds. The Bertz CT molecular complexity index is 468. The van der Waals surface area contributed by atoms with E-state index >= 15 is 0 Å². The molecular formula is C30H56N2O2. The minimum Gasteiger partial charge on any atom is -0.353 e. The molecule has 0 saturated heterocycles. The maximum Gasteiger partial charge on any atom is 0.220 e. The van der Waals surface area contributed by atoms with Crippen molar-refractivity contribution in [1.29, 1.82) is 0 Å². The van der Waals surface area contributed by atoms with Gasteiger partial charge in [0.2, 0.25) is 11.8 Å². The second kappa shape index (κ2) is 27.7. The van der Waals surface area contributed by atoms with Crippen molar-refractivity contribution >= 4 is 11.8 Å². The first-order valence-electron chi connectivity index (χ1n) is 14.5. The summed E-state index contributed by atoms with van der Waals surface area (Å²) in [5.41, 5.74) is 0. The van der Waals surface area contributed by atoms with Gasteiger partial charge in [-0.25, -0.2) is 0 Å². The number of carbonyl (C=O) groups excluding carboxylic acids is 2. The minimum atomic E-state index is 0.0780. The number of hydrogen-bond donors (Lipinski definition) is 2. The Hall–Kier alpha value is -1.58. The highest BCUT2D eigenvalue weighted by Gasteiger charge is 2.02. The number of unbranched alkanes of at least 4 members (excludes halogenated alkanes) is 15. The lowest BCUT2D eigenvalue weighted by Crippen LogP contribution is -2.24. The van der Waals surface area contributed by atoms with E-state index in [1.54, 1.807) is 0 Å². The standard InChI is InChI=1S/C30H56N2O2/c1-3-5-7-9-11-13-15-17-19-23-27-31-29(33)25-21-22-26-30(34)32-28-24-20-18-16-14-12-10-8-6-4-2/h19-20,23-24H,3-18,21-22,25-28H2,1-2H3,(H,31,33)(H,32,34)/b23-19+,24-20+. The number of carbonyl (C=O) groups is 2. The van der Waals surface area contributed by atoms with E-state index < -0.39 is 0 Å². The van der Waals surface area contributed by atoms with Crippen LogP contribution in [-0.2, 0) is 9.59 Å². The summed E-state index contributed by atoms with van der Waals surface area (Å²) in [5, 5.41) is 5.87. The summed E-state index contributed by atoms with van der Waals surface area (Å²) in [5.74, 6) is 0.156. The molecule has 0 spiro atoms. The maximum absolute atomic E-state index is 11.9. The quantitative estimate of drug-likeness (QED) is 0.103. The Balaban J connectivity index is 3.42. The lowest BCUT2D eigenvalue weighted by atomic mass is 10.1. The van der Waals surface area contributed by atoms with Crippen LogP contribution in [0.15, 0.2) is 24.3 Å². The molecule has 34 heavy (non-hydrogen) atoms. The SMILES string of the molecule is CCCCCCCCC/C=C/CNC(=O)CCCCC(=O)NC/C=C/CCCCCCCCC. The minimum absolute atomic E-state index is 0.0780. The maximum atomic E-state index is 11.9. The van der Waals surface area contributed by atoms with Crippen molar-refractivity contribution in [2.75, 3.05) is 13.1 Å². The summed E-state index contributed by atoms with van der Waals surface area (Å²) in [6.45, 7) is 5.73. The fourth-order valence-corrected chi connectivity index (χ4v) is 3.93. The van der Waals surface area contributed by atoms with E-state index in [4.69, 9.17) is 0 Å². The summed E-state index contributed by atoms with van der Waals surface area (Å²) in [6, 6.07) is 0. The molecule has 0 aromatic carbocycles. The van der Waals surface area contributed by atoms with Crippen LogP contribution in [0.2, 0.25) is 0 Å². The molecule has 0 aromatic rings. The molecule has 0 fully saturated rings. The molecule has 4 heteroatoms. The molecule has 0 aliphatic rings. The highest BCUT2D eigenvalue weighted by molar-refractivity contribution is 5.77. The molecule has 0 radical (unpaired) electrons. The number of hydrogen-bond acceptors (Lipinski definition) is 2. The molecule has 0 aromatic heterocycles.